The standard InChI is InChI=1S/C10H13ClO3S/c1-6(2)9-8(15(12,13)14)5-4-7(3)10(9)11/h4-6H,1-3H3,(H,12,13,14). The van der Waals surface area contributed by atoms with Crippen LogP contribution in [-0.2, 0) is 10.1 Å². The first-order chi connectivity index (χ1) is 6.75. The molecule has 0 aliphatic rings. The maximum absolute atomic E-state index is 11.1. The molecule has 0 saturated heterocycles. The average Bonchev–Trinajstić information content (AvgIpc) is 2.06. The second kappa shape index (κ2) is 4.12. The fourth-order valence-electron chi connectivity index (χ4n) is 1.45. The van der Waals surface area contributed by atoms with Crippen LogP contribution in [0.4, 0.5) is 0 Å². The summed E-state index contributed by atoms with van der Waals surface area (Å²) >= 11 is 6.02. The molecule has 0 atom stereocenters. The van der Waals surface area contributed by atoms with Gasteiger partial charge in [-0.25, -0.2) is 0 Å². The second-order valence-electron chi connectivity index (χ2n) is 3.74. The van der Waals surface area contributed by atoms with E-state index in [9.17, 15) is 8.42 Å². The molecule has 1 rings (SSSR count). The molecule has 0 unspecified atom stereocenters. The van der Waals surface area contributed by atoms with Crippen LogP contribution in [0.3, 0.4) is 0 Å². The Bertz CT molecular complexity index is 478. The zero-order valence-corrected chi connectivity index (χ0v) is 10.4. The normalized spacial score (nSPS) is 12.1. The molecule has 0 radical (unpaired) electrons. The average molecular weight is 249 g/mol. The molecule has 0 aromatic heterocycles. The summed E-state index contributed by atoms with van der Waals surface area (Å²) in [6.45, 7) is 5.45. The maximum atomic E-state index is 11.1. The molecule has 1 aromatic rings. The smallest absolute Gasteiger partial charge is 0.282 e. The fourth-order valence-corrected chi connectivity index (χ4v) is 2.74. The first-order valence-corrected chi connectivity index (χ1v) is 6.33. The van der Waals surface area contributed by atoms with Gasteiger partial charge in [-0.3, -0.25) is 4.55 Å². The van der Waals surface area contributed by atoms with Crippen molar-refractivity contribution in [1.82, 2.24) is 0 Å². The van der Waals surface area contributed by atoms with Gasteiger partial charge in [0.15, 0.2) is 0 Å². The lowest BCUT2D eigenvalue weighted by atomic mass is 10.0. The van der Waals surface area contributed by atoms with Crippen molar-refractivity contribution in [2.75, 3.05) is 0 Å². The van der Waals surface area contributed by atoms with Gasteiger partial charge in [0.05, 0.1) is 4.90 Å². The molecule has 15 heavy (non-hydrogen) atoms. The van der Waals surface area contributed by atoms with E-state index >= 15 is 0 Å². The Hall–Kier alpha value is -0.580. The van der Waals surface area contributed by atoms with Gasteiger partial charge in [0.1, 0.15) is 0 Å². The van der Waals surface area contributed by atoms with Crippen molar-refractivity contribution in [2.24, 2.45) is 0 Å². The third-order valence-corrected chi connectivity index (χ3v) is 3.60. The second-order valence-corrected chi connectivity index (χ2v) is 5.51. The van der Waals surface area contributed by atoms with E-state index in [-0.39, 0.29) is 10.8 Å². The minimum atomic E-state index is -4.20. The predicted octanol–water partition coefficient (Wildman–Crippen LogP) is 3.02. The van der Waals surface area contributed by atoms with E-state index < -0.39 is 10.1 Å². The van der Waals surface area contributed by atoms with Crippen LogP contribution in [0, 0.1) is 6.92 Å². The molecule has 0 aliphatic heterocycles. The van der Waals surface area contributed by atoms with Crippen molar-refractivity contribution in [2.45, 2.75) is 31.6 Å². The molecule has 0 fully saturated rings. The summed E-state index contributed by atoms with van der Waals surface area (Å²) < 4.78 is 31.3. The Labute approximate surface area is 94.8 Å². The molecular weight excluding hydrogens is 236 g/mol. The fraction of sp³-hybridized carbons (Fsp3) is 0.400. The molecular formula is C10H13ClO3S. The molecule has 0 aliphatic carbocycles. The van der Waals surface area contributed by atoms with E-state index in [1.165, 1.54) is 6.07 Å². The van der Waals surface area contributed by atoms with Gasteiger partial charge in [0.2, 0.25) is 0 Å². The van der Waals surface area contributed by atoms with Crippen molar-refractivity contribution in [3.8, 4) is 0 Å². The zero-order chi connectivity index (χ0) is 11.8. The van der Waals surface area contributed by atoms with E-state index in [0.29, 0.717) is 10.6 Å². The number of hydrogen-bond acceptors (Lipinski definition) is 2. The van der Waals surface area contributed by atoms with Crippen molar-refractivity contribution in [3.63, 3.8) is 0 Å². The van der Waals surface area contributed by atoms with E-state index in [1.54, 1.807) is 13.0 Å². The van der Waals surface area contributed by atoms with Crippen LogP contribution in [0.1, 0.15) is 30.9 Å². The molecule has 0 amide bonds. The number of halogens is 1. The highest BCUT2D eigenvalue weighted by Gasteiger charge is 2.20. The summed E-state index contributed by atoms with van der Waals surface area (Å²) in [6.07, 6.45) is 0. The Balaban J connectivity index is 3.62. The molecule has 84 valence electrons. The van der Waals surface area contributed by atoms with Crippen LogP contribution in [0.5, 0.6) is 0 Å². The zero-order valence-electron chi connectivity index (χ0n) is 8.78. The Morgan fingerprint density at radius 1 is 1.33 bits per heavy atom. The van der Waals surface area contributed by atoms with E-state index in [2.05, 4.69) is 0 Å². The summed E-state index contributed by atoms with van der Waals surface area (Å²) in [5.74, 6) is -0.0608. The maximum Gasteiger partial charge on any atom is 0.294 e. The number of rotatable bonds is 2. The van der Waals surface area contributed by atoms with E-state index in [0.717, 1.165) is 5.56 Å². The third-order valence-electron chi connectivity index (χ3n) is 2.19. The van der Waals surface area contributed by atoms with E-state index in [4.69, 9.17) is 16.2 Å². The number of benzene rings is 1. The lowest BCUT2D eigenvalue weighted by molar-refractivity contribution is 0.481. The molecule has 0 bridgehead atoms. The summed E-state index contributed by atoms with van der Waals surface area (Å²) in [6, 6.07) is 2.96. The molecule has 1 aromatic carbocycles. The number of hydrogen-bond donors (Lipinski definition) is 1. The molecule has 3 nitrogen and oxygen atoms in total. The first kappa shape index (κ1) is 12.5. The molecule has 5 heteroatoms. The predicted molar refractivity (Wildman–Crippen MR) is 60.1 cm³/mol. The molecule has 1 N–H and O–H groups in total. The third kappa shape index (κ3) is 2.51. The van der Waals surface area contributed by atoms with E-state index in [1.807, 2.05) is 13.8 Å². The summed E-state index contributed by atoms with van der Waals surface area (Å²) in [7, 11) is -4.20. The van der Waals surface area contributed by atoms with Gasteiger partial charge in [-0.2, -0.15) is 8.42 Å². The van der Waals surface area contributed by atoms with Gasteiger partial charge in [0.25, 0.3) is 10.1 Å². The van der Waals surface area contributed by atoms with Gasteiger partial charge in [-0.15, -0.1) is 0 Å². The lowest BCUT2D eigenvalue weighted by Gasteiger charge is -2.14. The first-order valence-electron chi connectivity index (χ1n) is 4.51. The van der Waals surface area contributed by atoms with Crippen molar-refractivity contribution in [1.29, 1.82) is 0 Å². The largest absolute Gasteiger partial charge is 0.294 e. The molecule has 0 spiro atoms. The van der Waals surface area contributed by atoms with Crippen LogP contribution in [0.15, 0.2) is 17.0 Å². The summed E-state index contributed by atoms with van der Waals surface area (Å²) in [5, 5.41) is 0.403. The highest BCUT2D eigenvalue weighted by atomic mass is 35.5. The van der Waals surface area contributed by atoms with Gasteiger partial charge >= 0.3 is 0 Å². The summed E-state index contributed by atoms with van der Waals surface area (Å²) in [5.41, 5.74) is 1.27. The Kier molecular flexibility index (Phi) is 3.43. The van der Waals surface area contributed by atoms with Gasteiger partial charge in [-0.1, -0.05) is 31.5 Å². The SMILES string of the molecule is Cc1ccc(S(=O)(=O)O)c(C(C)C)c1Cl. The van der Waals surface area contributed by atoms with Crippen molar-refractivity contribution >= 4 is 21.7 Å². The minimum Gasteiger partial charge on any atom is -0.282 e. The van der Waals surface area contributed by atoms with Crippen LogP contribution in [0.2, 0.25) is 5.02 Å². The van der Waals surface area contributed by atoms with Gasteiger partial charge in [0, 0.05) is 5.02 Å². The molecule has 0 saturated carbocycles. The quantitative estimate of drug-likeness (QED) is 0.819. The topological polar surface area (TPSA) is 54.4 Å². The van der Waals surface area contributed by atoms with Gasteiger partial charge < -0.3 is 0 Å². The van der Waals surface area contributed by atoms with Crippen molar-refractivity contribution < 1.29 is 13.0 Å². The minimum absolute atomic E-state index is 0.0608. The van der Waals surface area contributed by atoms with Crippen LogP contribution in [0.25, 0.3) is 0 Å². The van der Waals surface area contributed by atoms with Crippen LogP contribution in [-0.4, -0.2) is 13.0 Å². The monoisotopic (exact) mass is 248 g/mol. The highest BCUT2D eigenvalue weighted by Crippen LogP contribution is 2.32. The Morgan fingerprint density at radius 2 is 1.87 bits per heavy atom. The van der Waals surface area contributed by atoms with Crippen molar-refractivity contribution in [3.05, 3.63) is 28.3 Å². The lowest BCUT2D eigenvalue weighted by Crippen LogP contribution is -2.06. The number of aryl methyl sites for hydroxylation is 1. The Morgan fingerprint density at radius 3 is 2.27 bits per heavy atom. The van der Waals surface area contributed by atoms with Crippen LogP contribution < -0.4 is 0 Å². The van der Waals surface area contributed by atoms with Crippen LogP contribution >= 0.6 is 11.6 Å². The highest BCUT2D eigenvalue weighted by molar-refractivity contribution is 7.85. The molecule has 0 heterocycles. The van der Waals surface area contributed by atoms with Gasteiger partial charge in [-0.05, 0) is 30.0 Å². The summed E-state index contributed by atoms with van der Waals surface area (Å²) in [4.78, 5) is -0.104.